The molecule has 1 heterocycles. The van der Waals surface area contributed by atoms with Crippen LogP contribution in [-0.4, -0.2) is 37.2 Å². The number of thiazole rings is 1. The summed E-state index contributed by atoms with van der Waals surface area (Å²) in [5, 5.41) is 6.42. The molecular weight excluding hydrogens is 284 g/mol. The fraction of sp³-hybridized carbons (Fsp3) is 0.733. The zero-order chi connectivity index (χ0) is 15.7. The molecule has 120 valence electrons. The van der Waals surface area contributed by atoms with Crippen LogP contribution in [0.3, 0.4) is 0 Å². The van der Waals surface area contributed by atoms with Gasteiger partial charge < -0.3 is 15.8 Å². The lowest BCUT2D eigenvalue weighted by Crippen LogP contribution is -2.33. The fourth-order valence-electron chi connectivity index (χ4n) is 1.65. The first-order chi connectivity index (χ1) is 9.93. The largest absolute Gasteiger partial charge is 0.382 e. The topological polar surface area (TPSA) is 72.5 Å². The third kappa shape index (κ3) is 7.43. The maximum absolute atomic E-state index is 5.81. The molecule has 0 unspecified atom stereocenters. The van der Waals surface area contributed by atoms with E-state index >= 15 is 0 Å². The van der Waals surface area contributed by atoms with Crippen LogP contribution in [-0.2, 0) is 16.6 Å². The van der Waals surface area contributed by atoms with E-state index < -0.39 is 0 Å². The quantitative estimate of drug-likeness (QED) is 0.439. The summed E-state index contributed by atoms with van der Waals surface area (Å²) in [5.74, 6) is 0.498. The summed E-state index contributed by atoms with van der Waals surface area (Å²) in [7, 11) is 0. The molecule has 0 saturated carbocycles. The van der Waals surface area contributed by atoms with E-state index in [1.165, 1.54) is 5.01 Å². The predicted molar refractivity (Wildman–Crippen MR) is 90.1 cm³/mol. The molecule has 0 aliphatic heterocycles. The van der Waals surface area contributed by atoms with Crippen molar-refractivity contribution in [1.29, 1.82) is 0 Å². The molecule has 0 atom stereocenters. The van der Waals surface area contributed by atoms with E-state index in [-0.39, 0.29) is 5.41 Å². The van der Waals surface area contributed by atoms with Crippen LogP contribution in [0.25, 0.3) is 0 Å². The van der Waals surface area contributed by atoms with E-state index in [0.717, 1.165) is 38.3 Å². The van der Waals surface area contributed by atoms with E-state index in [1.54, 1.807) is 11.3 Å². The molecule has 3 N–H and O–H groups in total. The summed E-state index contributed by atoms with van der Waals surface area (Å²) in [6.45, 7) is 11.5. The first kappa shape index (κ1) is 17.9. The standard InChI is InChI=1S/C15H28N4OS/c1-5-20-10-6-8-17-14(16)18-9-7-12-11-21-13(19-12)15(2,3)4/h11H,5-10H2,1-4H3,(H3,16,17,18). The number of hydrogen-bond donors (Lipinski definition) is 2. The minimum atomic E-state index is 0.122. The summed E-state index contributed by atoms with van der Waals surface area (Å²) in [4.78, 5) is 8.91. The highest BCUT2D eigenvalue weighted by atomic mass is 32.1. The molecule has 5 nitrogen and oxygen atoms in total. The average molecular weight is 312 g/mol. The van der Waals surface area contributed by atoms with Crippen LogP contribution in [0.5, 0.6) is 0 Å². The number of ether oxygens (including phenoxy) is 1. The Hall–Kier alpha value is -1.14. The van der Waals surface area contributed by atoms with Crippen molar-refractivity contribution in [3.8, 4) is 0 Å². The van der Waals surface area contributed by atoms with Gasteiger partial charge in [0.25, 0.3) is 0 Å². The number of guanidine groups is 1. The number of nitrogens with two attached hydrogens (primary N) is 1. The first-order valence-electron chi connectivity index (χ1n) is 7.50. The van der Waals surface area contributed by atoms with Crippen LogP contribution in [0.1, 0.15) is 44.8 Å². The van der Waals surface area contributed by atoms with Gasteiger partial charge in [-0.3, -0.25) is 4.99 Å². The number of hydrogen-bond acceptors (Lipinski definition) is 4. The smallest absolute Gasteiger partial charge is 0.188 e. The second-order valence-corrected chi connectivity index (χ2v) is 6.75. The molecule has 6 heteroatoms. The predicted octanol–water partition coefficient (Wildman–Crippen LogP) is 2.31. The molecule has 0 radical (unpaired) electrons. The lowest BCUT2D eigenvalue weighted by molar-refractivity contribution is 0.146. The molecule has 0 amide bonds. The van der Waals surface area contributed by atoms with Crippen molar-refractivity contribution in [2.45, 2.75) is 46.0 Å². The van der Waals surface area contributed by atoms with E-state index in [1.807, 2.05) is 6.92 Å². The summed E-state index contributed by atoms with van der Waals surface area (Å²) in [5.41, 5.74) is 7.04. The molecule has 0 aliphatic carbocycles. The number of aliphatic imine (C=N–C) groups is 1. The number of nitrogens with zero attached hydrogens (tertiary/aromatic N) is 2. The number of aromatic nitrogens is 1. The number of nitrogens with one attached hydrogen (secondary N) is 1. The summed E-state index contributed by atoms with van der Waals surface area (Å²) < 4.78 is 5.25. The van der Waals surface area contributed by atoms with Crippen LogP contribution in [0.4, 0.5) is 0 Å². The zero-order valence-corrected chi connectivity index (χ0v) is 14.4. The van der Waals surface area contributed by atoms with E-state index in [4.69, 9.17) is 10.5 Å². The second kappa shape index (κ2) is 9.00. The van der Waals surface area contributed by atoms with Crippen molar-refractivity contribution in [1.82, 2.24) is 10.3 Å². The Balaban J connectivity index is 2.23. The minimum Gasteiger partial charge on any atom is -0.382 e. The van der Waals surface area contributed by atoms with Crippen molar-refractivity contribution >= 4 is 17.3 Å². The van der Waals surface area contributed by atoms with Crippen molar-refractivity contribution in [2.24, 2.45) is 10.7 Å². The monoisotopic (exact) mass is 312 g/mol. The van der Waals surface area contributed by atoms with Gasteiger partial charge in [0, 0.05) is 43.5 Å². The molecule has 21 heavy (non-hydrogen) atoms. The van der Waals surface area contributed by atoms with Gasteiger partial charge in [-0.15, -0.1) is 11.3 Å². The number of rotatable bonds is 8. The molecular formula is C15H28N4OS. The normalized spacial score (nSPS) is 12.7. The molecule has 0 spiro atoms. The Morgan fingerprint density at radius 1 is 1.48 bits per heavy atom. The van der Waals surface area contributed by atoms with E-state index in [2.05, 4.69) is 41.4 Å². The third-order valence-electron chi connectivity index (χ3n) is 2.81. The Morgan fingerprint density at radius 3 is 2.86 bits per heavy atom. The minimum absolute atomic E-state index is 0.122. The highest BCUT2D eigenvalue weighted by Gasteiger charge is 2.17. The highest BCUT2D eigenvalue weighted by molar-refractivity contribution is 7.09. The van der Waals surface area contributed by atoms with Crippen LogP contribution < -0.4 is 11.1 Å². The first-order valence-corrected chi connectivity index (χ1v) is 8.38. The van der Waals surface area contributed by atoms with Gasteiger partial charge in [-0.05, 0) is 13.3 Å². The van der Waals surface area contributed by atoms with Gasteiger partial charge in [-0.2, -0.15) is 0 Å². The van der Waals surface area contributed by atoms with Gasteiger partial charge in [-0.1, -0.05) is 20.8 Å². The Kier molecular flexibility index (Phi) is 7.67. The third-order valence-corrected chi connectivity index (χ3v) is 4.13. The summed E-state index contributed by atoms with van der Waals surface area (Å²) in [6, 6.07) is 0. The molecule has 0 saturated heterocycles. The van der Waals surface area contributed by atoms with Crippen LogP contribution in [0.15, 0.2) is 10.4 Å². The van der Waals surface area contributed by atoms with Gasteiger partial charge in [0.05, 0.1) is 10.7 Å². The van der Waals surface area contributed by atoms with E-state index in [0.29, 0.717) is 12.5 Å². The SMILES string of the molecule is CCOCCCN=C(N)NCCc1csc(C(C)(C)C)n1. The van der Waals surface area contributed by atoms with Crippen molar-refractivity contribution in [3.63, 3.8) is 0 Å². The molecule has 0 aliphatic rings. The molecule has 1 aromatic rings. The molecule has 0 aromatic carbocycles. The Morgan fingerprint density at radius 2 is 2.24 bits per heavy atom. The van der Waals surface area contributed by atoms with Gasteiger partial charge in [-0.25, -0.2) is 4.98 Å². The van der Waals surface area contributed by atoms with Crippen LogP contribution >= 0.6 is 11.3 Å². The second-order valence-electron chi connectivity index (χ2n) is 5.89. The zero-order valence-electron chi connectivity index (χ0n) is 13.6. The maximum Gasteiger partial charge on any atom is 0.188 e. The van der Waals surface area contributed by atoms with Gasteiger partial charge in [0.1, 0.15) is 0 Å². The summed E-state index contributed by atoms with van der Waals surface area (Å²) >= 11 is 1.72. The summed E-state index contributed by atoms with van der Waals surface area (Å²) in [6.07, 6.45) is 1.76. The fourth-order valence-corrected chi connectivity index (χ4v) is 2.59. The molecule has 0 fully saturated rings. The van der Waals surface area contributed by atoms with Crippen molar-refractivity contribution in [3.05, 3.63) is 16.1 Å². The Labute approximate surface area is 132 Å². The highest BCUT2D eigenvalue weighted by Crippen LogP contribution is 2.25. The Bertz CT molecular complexity index is 437. The maximum atomic E-state index is 5.81. The van der Waals surface area contributed by atoms with Crippen LogP contribution in [0.2, 0.25) is 0 Å². The molecule has 0 bridgehead atoms. The lowest BCUT2D eigenvalue weighted by Gasteiger charge is -2.13. The van der Waals surface area contributed by atoms with Gasteiger partial charge >= 0.3 is 0 Å². The lowest BCUT2D eigenvalue weighted by atomic mass is 9.98. The van der Waals surface area contributed by atoms with Crippen molar-refractivity contribution in [2.75, 3.05) is 26.3 Å². The van der Waals surface area contributed by atoms with Crippen molar-refractivity contribution < 1.29 is 4.74 Å². The average Bonchev–Trinajstić information content (AvgIpc) is 2.87. The molecule has 1 aromatic heterocycles. The van der Waals surface area contributed by atoms with E-state index in [9.17, 15) is 0 Å². The molecule has 1 rings (SSSR count). The van der Waals surface area contributed by atoms with Gasteiger partial charge in [0.2, 0.25) is 0 Å². The van der Waals surface area contributed by atoms with Gasteiger partial charge in [0.15, 0.2) is 5.96 Å². The van der Waals surface area contributed by atoms with Crippen LogP contribution in [0, 0.1) is 0 Å².